The number of hydrogen-bond acceptors (Lipinski definition) is 0. The molecule has 0 fully saturated rings. The second kappa shape index (κ2) is 4.45. The van der Waals surface area contributed by atoms with Crippen molar-refractivity contribution in [3.8, 4) is 0 Å². The molecule has 0 N–H and O–H groups in total. The van der Waals surface area contributed by atoms with Crippen LogP contribution in [-0.4, -0.2) is 0 Å². The Hall–Kier alpha value is -1.82. The van der Waals surface area contributed by atoms with E-state index in [1.807, 2.05) is 12.2 Å². The van der Waals surface area contributed by atoms with Gasteiger partial charge in [-0.25, -0.2) is 0 Å². The van der Waals surface area contributed by atoms with Crippen LogP contribution in [0.15, 0.2) is 43.5 Å². The molecule has 2 aromatic rings. The van der Waals surface area contributed by atoms with Crippen molar-refractivity contribution in [2.75, 3.05) is 0 Å². The molecule has 0 radical (unpaired) electrons. The van der Waals surface area contributed by atoms with E-state index in [-0.39, 0.29) is 5.41 Å². The normalized spacial score (nSPS) is 11.5. The zero-order valence-electron chi connectivity index (χ0n) is 11.5. The molecule has 0 aromatic heterocycles. The van der Waals surface area contributed by atoms with Gasteiger partial charge in [0.15, 0.2) is 0 Å². The van der Waals surface area contributed by atoms with Crippen molar-refractivity contribution < 1.29 is 0 Å². The summed E-state index contributed by atoms with van der Waals surface area (Å²) in [7, 11) is 0. The second-order valence-electron chi connectivity index (χ2n) is 5.63. The lowest BCUT2D eigenvalue weighted by Gasteiger charge is -2.24. The van der Waals surface area contributed by atoms with Gasteiger partial charge >= 0.3 is 0 Å². The van der Waals surface area contributed by atoms with Gasteiger partial charge in [-0.1, -0.05) is 70.3 Å². The van der Waals surface area contributed by atoms with Crippen LogP contribution < -0.4 is 0 Å². The van der Waals surface area contributed by atoms with Gasteiger partial charge in [-0.05, 0) is 38.9 Å². The molecule has 0 nitrogen and oxygen atoms in total. The summed E-state index contributed by atoms with van der Waals surface area (Å²) in [6.07, 6.45) is 3.89. The first-order valence-electron chi connectivity index (χ1n) is 6.30. The molecule has 0 atom stereocenters. The Morgan fingerprint density at radius 2 is 1.56 bits per heavy atom. The predicted molar refractivity (Wildman–Crippen MR) is 82.8 cm³/mol. The maximum atomic E-state index is 3.97. The van der Waals surface area contributed by atoms with Gasteiger partial charge in [0.05, 0.1) is 0 Å². The quantitative estimate of drug-likeness (QED) is 0.652. The number of benzene rings is 2. The Kier molecular flexibility index (Phi) is 3.13. The fourth-order valence-corrected chi connectivity index (χ4v) is 2.45. The van der Waals surface area contributed by atoms with Crippen molar-refractivity contribution in [2.24, 2.45) is 0 Å². The molecule has 0 spiro atoms. The molecule has 0 saturated heterocycles. The monoisotopic (exact) mass is 236 g/mol. The highest BCUT2D eigenvalue weighted by Gasteiger charge is 2.19. The van der Waals surface area contributed by atoms with E-state index in [2.05, 4.69) is 64.3 Å². The van der Waals surface area contributed by atoms with Gasteiger partial charge in [0, 0.05) is 0 Å². The average molecular weight is 236 g/mol. The summed E-state index contributed by atoms with van der Waals surface area (Å²) in [5.41, 5.74) is 3.82. The minimum atomic E-state index is 0.102. The van der Waals surface area contributed by atoms with E-state index < -0.39 is 0 Å². The smallest absolute Gasteiger partial charge is 0.0105 e. The standard InChI is InChI=1S/C18H20/c1-6-14-15(7-2)17(18(3,4)5)12-13-10-8-9-11-16(13)14/h6-12H,1-2H2,3-5H3. The molecule has 0 aliphatic carbocycles. The van der Waals surface area contributed by atoms with Gasteiger partial charge in [-0.15, -0.1) is 0 Å². The Labute approximate surface area is 110 Å². The maximum absolute atomic E-state index is 3.97. The lowest BCUT2D eigenvalue weighted by molar-refractivity contribution is 0.590. The van der Waals surface area contributed by atoms with E-state index in [0.717, 1.165) is 0 Å². The van der Waals surface area contributed by atoms with Gasteiger partial charge in [-0.2, -0.15) is 0 Å². The van der Waals surface area contributed by atoms with Crippen LogP contribution in [0.4, 0.5) is 0 Å². The van der Waals surface area contributed by atoms with Gasteiger partial charge in [0.2, 0.25) is 0 Å². The fraction of sp³-hybridized carbons (Fsp3) is 0.222. The third kappa shape index (κ3) is 1.99. The molecule has 2 rings (SSSR count). The summed E-state index contributed by atoms with van der Waals surface area (Å²) < 4.78 is 0. The molecule has 92 valence electrons. The van der Waals surface area contributed by atoms with Crippen molar-refractivity contribution >= 4 is 22.9 Å². The molecule has 18 heavy (non-hydrogen) atoms. The van der Waals surface area contributed by atoms with Crippen LogP contribution in [0.5, 0.6) is 0 Å². The first kappa shape index (κ1) is 12.6. The SMILES string of the molecule is C=Cc1c(C(C)(C)C)cc2ccccc2c1C=C. The molecule has 0 heteroatoms. The summed E-state index contributed by atoms with van der Waals surface area (Å²) >= 11 is 0. The third-order valence-electron chi connectivity index (χ3n) is 3.35. The summed E-state index contributed by atoms with van der Waals surface area (Å²) in [6.45, 7) is 14.6. The Bertz CT molecular complexity index is 610. The average Bonchev–Trinajstić information content (AvgIpc) is 2.35. The lowest BCUT2D eigenvalue weighted by Crippen LogP contribution is -2.14. The molecule has 0 unspecified atom stereocenters. The summed E-state index contributed by atoms with van der Waals surface area (Å²) in [5, 5.41) is 2.51. The number of rotatable bonds is 2. The van der Waals surface area contributed by atoms with Crippen LogP contribution >= 0.6 is 0 Å². The summed E-state index contributed by atoms with van der Waals surface area (Å²) in [4.78, 5) is 0. The van der Waals surface area contributed by atoms with Crippen molar-refractivity contribution in [1.29, 1.82) is 0 Å². The largest absolute Gasteiger partial charge is 0.0984 e. The van der Waals surface area contributed by atoms with Gasteiger partial charge in [0.25, 0.3) is 0 Å². The zero-order chi connectivity index (χ0) is 13.3. The molecule has 0 aliphatic heterocycles. The second-order valence-corrected chi connectivity index (χ2v) is 5.63. The topological polar surface area (TPSA) is 0 Å². The van der Waals surface area contributed by atoms with E-state index in [1.54, 1.807) is 0 Å². The van der Waals surface area contributed by atoms with E-state index in [4.69, 9.17) is 0 Å². The van der Waals surface area contributed by atoms with Crippen molar-refractivity contribution in [3.63, 3.8) is 0 Å². The van der Waals surface area contributed by atoms with Crippen molar-refractivity contribution in [2.45, 2.75) is 26.2 Å². The highest BCUT2D eigenvalue weighted by atomic mass is 14.2. The van der Waals surface area contributed by atoms with Gasteiger partial charge in [-0.3, -0.25) is 0 Å². The van der Waals surface area contributed by atoms with Crippen LogP contribution in [0.2, 0.25) is 0 Å². The minimum absolute atomic E-state index is 0.102. The molecular weight excluding hydrogens is 216 g/mol. The molecule has 0 aliphatic rings. The van der Waals surface area contributed by atoms with E-state index >= 15 is 0 Å². The first-order chi connectivity index (χ1) is 8.49. The summed E-state index contributed by atoms with van der Waals surface area (Å²) in [6, 6.07) is 10.7. The number of hydrogen-bond donors (Lipinski definition) is 0. The van der Waals surface area contributed by atoms with Crippen LogP contribution in [-0.2, 0) is 5.41 Å². The van der Waals surface area contributed by atoms with Crippen LogP contribution in [0.3, 0.4) is 0 Å². The van der Waals surface area contributed by atoms with E-state index in [1.165, 1.54) is 27.5 Å². The van der Waals surface area contributed by atoms with E-state index in [0.29, 0.717) is 0 Å². The predicted octanol–water partition coefficient (Wildman–Crippen LogP) is 5.42. The third-order valence-corrected chi connectivity index (χ3v) is 3.35. The molecule has 0 amide bonds. The Balaban J connectivity index is 2.96. The lowest BCUT2D eigenvalue weighted by atomic mass is 9.80. The fourth-order valence-electron chi connectivity index (χ4n) is 2.45. The molecule has 0 saturated carbocycles. The minimum Gasteiger partial charge on any atom is -0.0984 e. The van der Waals surface area contributed by atoms with Crippen molar-refractivity contribution in [3.05, 3.63) is 60.2 Å². The molecule has 2 aromatic carbocycles. The number of fused-ring (bicyclic) bond motifs is 1. The van der Waals surface area contributed by atoms with Gasteiger partial charge in [0.1, 0.15) is 0 Å². The first-order valence-corrected chi connectivity index (χ1v) is 6.30. The van der Waals surface area contributed by atoms with Crippen molar-refractivity contribution in [1.82, 2.24) is 0 Å². The Morgan fingerprint density at radius 1 is 0.944 bits per heavy atom. The highest BCUT2D eigenvalue weighted by molar-refractivity contribution is 5.95. The van der Waals surface area contributed by atoms with Crippen LogP contribution in [0, 0.1) is 0 Å². The Morgan fingerprint density at radius 3 is 2.11 bits per heavy atom. The maximum Gasteiger partial charge on any atom is -0.0105 e. The molecule has 0 heterocycles. The molecule has 0 bridgehead atoms. The zero-order valence-corrected chi connectivity index (χ0v) is 11.5. The van der Waals surface area contributed by atoms with Crippen LogP contribution in [0.25, 0.3) is 22.9 Å². The highest BCUT2D eigenvalue weighted by Crippen LogP contribution is 2.34. The molecular formula is C18H20. The van der Waals surface area contributed by atoms with E-state index in [9.17, 15) is 0 Å². The van der Waals surface area contributed by atoms with Crippen LogP contribution in [0.1, 0.15) is 37.5 Å². The summed E-state index contributed by atoms with van der Waals surface area (Å²) in [5.74, 6) is 0. The van der Waals surface area contributed by atoms with Gasteiger partial charge < -0.3 is 0 Å².